The van der Waals surface area contributed by atoms with Crippen LogP contribution in [-0.2, 0) is 21.3 Å². The number of rotatable bonds is 5. The van der Waals surface area contributed by atoms with Gasteiger partial charge in [-0.05, 0) is 19.4 Å². The van der Waals surface area contributed by atoms with E-state index in [9.17, 15) is 8.42 Å². The minimum atomic E-state index is -3.40. The second kappa shape index (κ2) is 7.19. The molecule has 5 nitrogen and oxygen atoms in total. The molecule has 2 heterocycles. The minimum absolute atomic E-state index is 0.0528. The van der Waals surface area contributed by atoms with E-state index in [-0.39, 0.29) is 6.10 Å². The topological polar surface area (TPSA) is 58.6 Å². The maximum Gasteiger partial charge on any atom is 0.243 e. The number of hydrogen-bond donors (Lipinski definition) is 1. The van der Waals surface area contributed by atoms with E-state index in [4.69, 9.17) is 4.74 Å². The van der Waals surface area contributed by atoms with Crippen LogP contribution < -0.4 is 5.32 Å². The Morgan fingerprint density at radius 2 is 2.29 bits per heavy atom. The highest BCUT2D eigenvalue weighted by atomic mass is 32.2. The fourth-order valence-corrected chi connectivity index (χ4v) is 4.98. The third-order valence-corrected chi connectivity index (χ3v) is 6.30. The first-order chi connectivity index (χ1) is 9.89. The van der Waals surface area contributed by atoms with Gasteiger partial charge in [-0.1, -0.05) is 13.8 Å². The summed E-state index contributed by atoms with van der Waals surface area (Å²) in [5.41, 5.74) is 0. The molecule has 1 aromatic heterocycles. The van der Waals surface area contributed by atoms with Gasteiger partial charge in [0.15, 0.2) is 0 Å². The van der Waals surface area contributed by atoms with Crippen LogP contribution in [0.4, 0.5) is 0 Å². The summed E-state index contributed by atoms with van der Waals surface area (Å²) in [5, 5.41) is 5.04. The van der Waals surface area contributed by atoms with Gasteiger partial charge >= 0.3 is 0 Å². The van der Waals surface area contributed by atoms with Gasteiger partial charge in [0.25, 0.3) is 0 Å². The van der Waals surface area contributed by atoms with E-state index in [1.807, 2.05) is 6.92 Å². The molecule has 1 aromatic rings. The van der Waals surface area contributed by atoms with Crippen molar-refractivity contribution in [2.45, 2.75) is 50.8 Å². The molecule has 21 heavy (non-hydrogen) atoms. The molecule has 1 N–H and O–H groups in total. The van der Waals surface area contributed by atoms with Crippen molar-refractivity contribution in [1.82, 2.24) is 9.62 Å². The molecule has 1 aliphatic rings. The van der Waals surface area contributed by atoms with Crippen LogP contribution in [0.3, 0.4) is 0 Å². The number of thiophene rings is 1. The highest BCUT2D eigenvalue weighted by Crippen LogP contribution is 2.24. The Morgan fingerprint density at radius 3 is 3.00 bits per heavy atom. The second-order valence-electron chi connectivity index (χ2n) is 5.68. The molecule has 0 saturated carbocycles. The predicted molar refractivity (Wildman–Crippen MR) is 85.1 cm³/mol. The molecule has 0 aliphatic carbocycles. The van der Waals surface area contributed by atoms with Crippen molar-refractivity contribution in [3.05, 3.63) is 16.3 Å². The van der Waals surface area contributed by atoms with E-state index in [1.165, 1.54) is 11.3 Å². The van der Waals surface area contributed by atoms with Gasteiger partial charge in [0, 0.05) is 42.5 Å². The van der Waals surface area contributed by atoms with Crippen molar-refractivity contribution >= 4 is 21.4 Å². The van der Waals surface area contributed by atoms with E-state index in [1.54, 1.807) is 15.8 Å². The van der Waals surface area contributed by atoms with E-state index >= 15 is 0 Å². The summed E-state index contributed by atoms with van der Waals surface area (Å²) in [6, 6.07) is 2.17. The van der Waals surface area contributed by atoms with E-state index in [0.717, 1.165) is 11.3 Å². The van der Waals surface area contributed by atoms with Crippen LogP contribution in [0.2, 0.25) is 0 Å². The molecule has 7 heteroatoms. The van der Waals surface area contributed by atoms with Gasteiger partial charge in [-0.3, -0.25) is 0 Å². The molecule has 1 unspecified atom stereocenters. The summed E-state index contributed by atoms with van der Waals surface area (Å²) in [6.07, 6.45) is 0.693. The Hall–Kier alpha value is -0.470. The fourth-order valence-electron chi connectivity index (χ4n) is 2.22. The summed E-state index contributed by atoms with van der Waals surface area (Å²) in [5.74, 6) is 0. The number of ether oxygens (including phenoxy) is 1. The van der Waals surface area contributed by atoms with E-state index in [0.29, 0.717) is 37.2 Å². The molecule has 1 aliphatic heterocycles. The Bertz CT molecular complexity index is 554. The number of sulfonamides is 1. The zero-order valence-electron chi connectivity index (χ0n) is 12.8. The minimum Gasteiger partial charge on any atom is -0.377 e. The Balaban J connectivity index is 2.11. The predicted octanol–water partition coefficient (Wildman–Crippen LogP) is 2.05. The smallest absolute Gasteiger partial charge is 0.243 e. The Labute approximate surface area is 131 Å². The lowest BCUT2D eigenvalue weighted by molar-refractivity contribution is 0.0752. The second-order valence-corrected chi connectivity index (χ2v) is 8.62. The zero-order valence-corrected chi connectivity index (χ0v) is 14.5. The highest BCUT2D eigenvalue weighted by molar-refractivity contribution is 7.89. The van der Waals surface area contributed by atoms with Gasteiger partial charge in [0.1, 0.15) is 0 Å². The fraction of sp³-hybridized carbons (Fsp3) is 0.714. The molecule has 1 atom stereocenters. The summed E-state index contributed by atoms with van der Waals surface area (Å²) in [6.45, 7) is 8.35. The third kappa shape index (κ3) is 4.50. The van der Waals surface area contributed by atoms with Gasteiger partial charge in [-0.15, -0.1) is 11.3 Å². The summed E-state index contributed by atoms with van der Waals surface area (Å²) < 4.78 is 32.5. The molecule has 0 radical (unpaired) electrons. The van der Waals surface area contributed by atoms with Crippen LogP contribution >= 0.6 is 11.3 Å². The van der Waals surface area contributed by atoms with Crippen molar-refractivity contribution in [2.75, 3.05) is 19.7 Å². The molecular weight excluding hydrogens is 308 g/mol. The lowest BCUT2D eigenvalue weighted by Gasteiger charge is -2.20. The molecule has 0 amide bonds. The van der Waals surface area contributed by atoms with Crippen molar-refractivity contribution in [1.29, 1.82) is 0 Å². The maximum atomic E-state index is 12.7. The molecule has 1 fully saturated rings. The highest BCUT2D eigenvalue weighted by Gasteiger charge is 2.28. The van der Waals surface area contributed by atoms with E-state index < -0.39 is 10.0 Å². The van der Waals surface area contributed by atoms with Crippen LogP contribution in [0, 0.1) is 0 Å². The van der Waals surface area contributed by atoms with Gasteiger partial charge in [-0.2, -0.15) is 4.31 Å². The first kappa shape index (κ1) is 16.9. The van der Waals surface area contributed by atoms with Crippen LogP contribution in [0.1, 0.15) is 32.1 Å². The van der Waals surface area contributed by atoms with Gasteiger partial charge in [0.2, 0.25) is 10.0 Å². The SMILES string of the molecule is CC(C)NCc1cc(S(=O)(=O)N2CCCOC(C)C2)cs1. The Morgan fingerprint density at radius 1 is 1.52 bits per heavy atom. The maximum absolute atomic E-state index is 12.7. The average Bonchev–Trinajstić information content (AvgIpc) is 2.79. The average molecular weight is 332 g/mol. The summed E-state index contributed by atoms with van der Waals surface area (Å²) in [4.78, 5) is 1.45. The van der Waals surface area contributed by atoms with Crippen molar-refractivity contribution in [3.63, 3.8) is 0 Å². The largest absolute Gasteiger partial charge is 0.377 e. The molecule has 2 rings (SSSR count). The molecule has 1 saturated heterocycles. The number of hydrogen-bond acceptors (Lipinski definition) is 5. The Kier molecular flexibility index (Phi) is 5.79. The first-order valence-electron chi connectivity index (χ1n) is 7.32. The van der Waals surface area contributed by atoms with Gasteiger partial charge in [-0.25, -0.2) is 8.42 Å². The van der Waals surface area contributed by atoms with E-state index in [2.05, 4.69) is 19.2 Å². The van der Waals surface area contributed by atoms with Crippen LogP contribution in [-0.4, -0.2) is 44.6 Å². The molecule has 0 bridgehead atoms. The lowest BCUT2D eigenvalue weighted by atomic mass is 10.4. The van der Waals surface area contributed by atoms with Gasteiger partial charge < -0.3 is 10.1 Å². The van der Waals surface area contributed by atoms with Crippen LogP contribution in [0.15, 0.2) is 16.3 Å². The molecule has 120 valence electrons. The van der Waals surface area contributed by atoms with Gasteiger partial charge in [0.05, 0.1) is 11.0 Å². The summed E-state index contributed by atoms with van der Waals surface area (Å²) in [7, 11) is -3.40. The standard InChI is InChI=1S/C14H24N2O3S2/c1-11(2)15-8-13-7-14(10-20-13)21(17,18)16-5-4-6-19-12(3)9-16/h7,10-12,15H,4-6,8-9H2,1-3H3. The normalized spacial score (nSPS) is 21.6. The quantitative estimate of drug-likeness (QED) is 0.896. The molecule has 0 spiro atoms. The van der Waals surface area contributed by atoms with Crippen molar-refractivity contribution in [3.8, 4) is 0 Å². The summed E-state index contributed by atoms with van der Waals surface area (Å²) >= 11 is 1.49. The molecular formula is C14H24N2O3S2. The lowest BCUT2D eigenvalue weighted by Crippen LogP contribution is -2.35. The zero-order chi connectivity index (χ0) is 15.5. The van der Waals surface area contributed by atoms with Crippen molar-refractivity contribution in [2.24, 2.45) is 0 Å². The molecule has 0 aromatic carbocycles. The third-order valence-electron chi connectivity index (χ3n) is 3.37. The van der Waals surface area contributed by atoms with Crippen LogP contribution in [0.5, 0.6) is 0 Å². The number of nitrogens with one attached hydrogen (secondary N) is 1. The first-order valence-corrected chi connectivity index (χ1v) is 9.64. The van der Waals surface area contributed by atoms with Crippen molar-refractivity contribution < 1.29 is 13.2 Å². The monoisotopic (exact) mass is 332 g/mol. The van der Waals surface area contributed by atoms with Crippen LogP contribution in [0.25, 0.3) is 0 Å². The number of nitrogens with zero attached hydrogens (tertiary/aromatic N) is 1.